The quantitative estimate of drug-likeness (QED) is 0.720. The summed E-state index contributed by atoms with van der Waals surface area (Å²) in [5, 5.41) is 0. The van der Waals surface area contributed by atoms with Gasteiger partial charge in [0.1, 0.15) is 0 Å². The van der Waals surface area contributed by atoms with Crippen LogP contribution in [0.1, 0.15) is 21.5 Å². The number of aryl methyl sites for hydroxylation is 1. The molecule has 0 aromatic heterocycles. The number of rotatable bonds is 3. The van der Waals surface area contributed by atoms with E-state index in [0.29, 0.717) is 31.7 Å². The molecule has 2 aromatic rings. The molecule has 26 heavy (non-hydrogen) atoms. The van der Waals surface area contributed by atoms with E-state index in [1.165, 1.54) is 0 Å². The number of benzene rings is 2. The summed E-state index contributed by atoms with van der Waals surface area (Å²) in [4.78, 5) is 28.5. The molecule has 1 fully saturated rings. The zero-order valence-electron chi connectivity index (χ0n) is 14.7. The number of hydrogen-bond donors (Lipinski definition) is 0. The fraction of sp³-hybridized carbons (Fsp3) is 0.238. The van der Waals surface area contributed by atoms with Crippen LogP contribution in [0, 0.1) is 6.92 Å². The molecule has 2 aromatic carbocycles. The molecule has 1 aliphatic heterocycles. The van der Waals surface area contributed by atoms with Gasteiger partial charge in [0.25, 0.3) is 5.91 Å². The minimum absolute atomic E-state index is 0.0182. The lowest BCUT2D eigenvalue weighted by Crippen LogP contribution is -2.50. The molecule has 1 heterocycles. The van der Waals surface area contributed by atoms with Gasteiger partial charge < -0.3 is 9.80 Å². The van der Waals surface area contributed by atoms with E-state index in [4.69, 9.17) is 0 Å². The highest BCUT2D eigenvalue weighted by Gasteiger charge is 2.23. The lowest BCUT2D eigenvalue weighted by Gasteiger charge is -2.34. The molecule has 0 bridgehead atoms. The molecule has 3 rings (SSSR count). The van der Waals surface area contributed by atoms with Crippen molar-refractivity contribution in [3.8, 4) is 0 Å². The van der Waals surface area contributed by atoms with Gasteiger partial charge in [-0.25, -0.2) is 0 Å². The van der Waals surface area contributed by atoms with Crippen molar-refractivity contribution in [2.45, 2.75) is 6.92 Å². The van der Waals surface area contributed by atoms with Crippen LogP contribution >= 0.6 is 15.9 Å². The molecular formula is C21H21BrN2O2. The lowest BCUT2D eigenvalue weighted by molar-refractivity contribution is -0.127. The molecule has 0 radical (unpaired) electrons. The summed E-state index contributed by atoms with van der Waals surface area (Å²) >= 11 is 3.39. The minimum atomic E-state index is -0.0182. The first-order chi connectivity index (χ1) is 12.5. The van der Waals surface area contributed by atoms with Gasteiger partial charge in [0.2, 0.25) is 5.91 Å². The van der Waals surface area contributed by atoms with E-state index in [9.17, 15) is 9.59 Å². The van der Waals surface area contributed by atoms with Crippen molar-refractivity contribution >= 4 is 33.8 Å². The molecule has 2 amide bonds. The summed E-state index contributed by atoms with van der Waals surface area (Å²) in [7, 11) is 0. The molecule has 0 unspecified atom stereocenters. The van der Waals surface area contributed by atoms with Crippen molar-refractivity contribution in [2.75, 3.05) is 26.2 Å². The highest BCUT2D eigenvalue weighted by atomic mass is 79.9. The molecule has 4 nitrogen and oxygen atoms in total. The summed E-state index contributed by atoms with van der Waals surface area (Å²) in [5.41, 5.74) is 2.81. The van der Waals surface area contributed by atoms with Gasteiger partial charge >= 0.3 is 0 Å². The van der Waals surface area contributed by atoms with Gasteiger partial charge in [0.15, 0.2) is 0 Å². The maximum atomic E-state index is 12.5. The summed E-state index contributed by atoms with van der Waals surface area (Å²) in [6, 6.07) is 15.4. The monoisotopic (exact) mass is 412 g/mol. The summed E-state index contributed by atoms with van der Waals surface area (Å²) in [6.45, 7) is 4.23. The smallest absolute Gasteiger partial charge is 0.253 e. The molecule has 0 atom stereocenters. The zero-order valence-corrected chi connectivity index (χ0v) is 16.3. The first-order valence-corrected chi connectivity index (χ1v) is 9.41. The third kappa shape index (κ3) is 4.61. The van der Waals surface area contributed by atoms with E-state index in [-0.39, 0.29) is 11.8 Å². The second-order valence-electron chi connectivity index (χ2n) is 6.37. The van der Waals surface area contributed by atoms with Crippen LogP contribution in [0.25, 0.3) is 6.08 Å². The van der Waals surface area contributed by atoms with E-state index < -0.39 is 0 Å². The minimum Gasteiger partial charge on any atom is -0.336 e. The Hall–Kier alpha value is -2.40. The van der Waals surface area contributed by atoms with Gasteiger partial charge in [0, 0.05) is 42.3 Å². The van der Waals surface area contributed by atoms with E-state index in [1.54, 1.807) is 11.0 Å². The number of hydrogen-bond acceptors (Lipinski definition) is 2. The van der Waals surface area contributed by atoms with Crippen LogP contribution in [0.4, 0.5) is 0 Å². The average Bonchev–Trinajstić information content (AvgIpc) is 2.67. The average molecular weight is 413 g/mol. The van der Waals surface area contributed by atoms with E-state index in [0.717, 1.165) is 15.6 Å². The number of amides is 2. The van der Waals surface area contributed by atoms with Crippen molar-refractivity contribution in [2.24, 2.45) is 0 Å². The van der Waals surface area contributed by atoms with Crippen LogP contribution in [0.15, 0.2) is 59.1 Å². The molecule has 0 aliphatic carbocycles. The van der Waals surface area contributed by atoms with Crippen LogP contribution in [-0.4, -0.2) is 47.8 Å². The Labute approximate surface area is 162 Å². The molecule has 134 valence electrons. The highest BCUT2D eigenvalue weighted by molar-refractivity contribution is 9.10. The third-order valence-electron chi connectivity index (χ3n) is 4.47. The van der Waals surface area contributed by atoms with Gasteiger partial charge in [-0.2, -0.15) is 0 Å². The van der Waals surface area contributed by atoms with Crippen molar-refractivity contribution in [3.63, 3.8) is 0 Å². The highest BCUT2D eigenvalue weighted by Crippen LogP contribution is 2.13. The van der Waals surface area contributed by atoms with E-state index in [1.807, 2.05) is 66.4 Å². The third-order valence-corrected chi connectivity index (χ3v) is 4.99. The second kappa shape index (κ2) is 8.32. The Morgan fingerprint density at radius 1 is 0.885 bits per heavy atom. The Morgan fingerprint density at radius 3 is 2.08 bits per heavy atom. The van der Waals surface area contributed by atoms with E-state index >= 15 is 0 Å². The number of nitrogens with zero attached hydrogens (tertiary/aromatic N) is 2. The predicted molar refractivity (Wildman–Crippen MR) is 107 cm³/mol. The zero-order chi connectivity index (χ0) is 18.5. The molecule has 1 saturated heterocycles. The fourth-order valence-electron chi connectivity index (χ4n) is 2.86. The standard InChI is InChI=1S/C21H21BrN2O2/c1-16-2-7-18(8-3-16)21(26)24-14-12-23(13-15-24)20(25)11-6-17-4-9-19(22)10-5-17/h2-11H,12-15H2,1H3/b11-6+. The summed E-state index contributed by atoms with van der Waals surface area (Å²) < 4.78 is 1.01. The number of carbonyl (C=O) groups is 2. The van der Waals surface area contributed by atoms with Crippen LogP contribution in [0.5, 0.6) is 0 Å². The molecular weight excluding hydrogens is 392 g/mol. The van der Waals surface area contributed by atoms with Crippen molar-refractivity contribution in [1.29, 1.82) is 0 Å². The fourth-order valence-corrected chi connectivity index (χ4v) is 3.12. The van der Waals surface area contributed by atoms with Gasteiger partial charge in [-0.05, 0) is 42.8 Å². The van der Waals surface area contributed by atoms with E-state index in [2.05, 4.69) is 15.9 Å². The van der Waals surface area contributed by atoms with Crippen LogP contribution in [0.2, 0.25) is 0 Å². The number of halogens is 1. The SMILES string of the molecule is Cc1ccc(C(=O)N2CCN(C(=O)/C=C/c3ccc(Br)cc3)CC2)cc1. The van der Waals surface area contributed by atoms with Crippen molar-refractivity contribution in [3.05, 3.63) is 75.8 Å². The van der Waals surface area contributed by atoms with Crippen molar-refractivity contribution < 1.29 is 9.59 Å². The molecule has 5 heteroatoms. The first-order valence-electron chi connectivity index (χ1n) is 8.61. The predicted octanol–water partition coefficient (Wildman–Crippen LogP) is 3.76. The summed E-state index contributed by atoms with van der Waals surface area (Å²) in [5.74, 6) is 0.0119. The lowest BCUT2D eigenvalue weighted by atomic mass is 10.1. The maximum absolute atomic E-state index is 12.5. The number of piperazine rings is 1. The second-order valence-corrected chi connectivity index (χ2v) is 7.28. The van der Waals surface area contributed by atoms with Crippen molar-refractivity contribution in [1.82, 2.24) is 9.80 Å². The molecule has 0 spiro atoms. The largest absolute Gasteiger partial charge is 0.336 e. The van der Waals surface area contributed by atoms with Gasteiger partial charge in [-0.3, -0.25) is 9.59 Å². The normalized spacial score (nSPS) is 14.7. The molecule has 0 saturated carbocycles. The summed E-state index contributed by atoms with van der Waals surface area (Å²) in [6.07, 6.45) is 3.42. The molecule has 0 N–H and O–H groups in total. The Bertz CT molecular complexity index is 805. The van der Waals surface area contributed by atoms with Gasteiger partial charge in [0.05, 0.1) is 0 Å². The first kappa shape index (κ1) is 18.4. The maximum Gasteiger partial charge on any atom is 0.253 e. The van der Waals surface area contributed by atoms with Crippen LogP contribution in [-0.2, 0) is 4.79 Å². The van der Waals surface area contributed by atoms with Crippen LogP contribution < -0.4 is 0 Å². The Morgan fingerprint density at radius 2 is 1.46 bits per heavy atom. The topological polar surface area (TPSA) is 40.6 Å². The Balaban J connectivity index is 1.54. The van der Waals surface area contributed by atoms with Gasteiger partial charge in [-0.1, -0.05) is 45.8 Å². The number of carbonyl (C=O) groups excluding carboxylic acids is 2. The van der Waals surface area contributed by atoms with Crippen LogP contribution in [0.3, 0.4) is 0 Å². The Kier molecular flexibility index (Phi) is 5.89. The van der Waals surface area contributed by atoms with Gasteiger partial charge in [-0.15, -0.1) is 0 Å². The molecule has 1 aliphatic rings.